The molecule has 9 heteroatoms. The molecule has 2 aliphatic heterocycles. The van der Waals surface area contributed by atoms with Crippen molar-refractivity contribution in [3.63, 3.8) is 0 Å². The van der Waals surface area contributed by atoms with Crippen molar-refractivity contribution in [1.29, 1.82) is 0 Å². The lowest BCUT2D eigenvalue weighted by atomic mass is 9.99. The Hall–Kier alpha value is 0.154. The second-order valence-electron chi connectivity index (χ2n) is 9.07. The highest BCUT2D eigenvalue weighted by Gasteiger charge is 2.64. The first-order valence-electron chi connectivity index (χ1n) is 10.1. The van der Waals surface area contributed by atoms with Crippen molar-refractivity contribution < 1.29 is 33.0 Å². The lowest BCUT2D eigenvalue weighted by Gasteiger charge is -2.45. The molecule has 2 rings (SSSR count). The largest absolute Gasteiger partial charge is 0.414 e. The smallest absolute Gasteiger partial charge is 0.335 e. The standard InChI is InChI=1S/C18H38O7Si2/c1-10(2)26(11(3)4)23-16-14(9-19)22-18(21)15(20)17(16)24-27(25-26,12(5)6)13(7)8/h10-21H,9H2,1-8H3/t14-,15-,16-,17-,18?/m1/s1. The summed E-state index contributed by atoms with van der Waals surface area (Å²) in [5.41, 5.74) is 0.549. The van der Waals surface area contributed by atoms with Gasteiger partial charge in [-0.2, -0.15) is 0 Å². The molecule has 160 valence electrons. The number of aliphatic hydroxyl groups excluding tert-OH is 3. The van der Waals surface area contributed by atoms with Crippen LogP contribution < -0.4 is 0 Å². The molecule has 5 atom stereocenters. The van der Waals surface area contributed by atoms with Crippen molar-refractivity contribution in [2.75, 3.05) is 6.61 Å². The highest BCUT2D eigenvalue weighted by atomic mass is 28.5. The zero-order chi connectivity index (χ0) is 20.7. The Morgan fingerprint density at radius 1 is 0.741 bits per heavy atom. The maximum Gasteiger partial charge on any atom is 0.335 e. The van der Waals surface area contributed by atoms with Crippen LogP contribution in [-0.4, -0.2) is 69.8 Å². The number of rotatable bonds is 5. The topological polar surface area (TPSA) is 97.6 Å². The summed E-state index contributed by atoms with van der Waals surface area (Å²) in [5, 5.41) is 30.7. The predicted molar refractivity (Wildman–Crippen MR) is 107 cm³/mol. The minimum Gasteiger partial charge on any atom is -0.414 e. The van der Waals surface area contributed by atoms with E-state index in [0.717, 1.165) is 0 Å². The molecule has 1 unspecified atom stereocenters. The summed E-state index contributed by atoms with van der Waals surface area (Å²) in [6.07, 6.45) is -4.93. The Morgan fingerprint density at radius 2 is 1.15 bits per heavy atom. The summed E-state index contributed by atoms with van der Waals surface area (Å²) in [6.45, 7) is 16.5. The molecule has 0 amide bonds. The third-order valence-electron chi connectivity index (χ3n) is 5.99. The molecule has 0 saturated carbocycles. The summed E-state index contributed by atoms with van der Waals surface area (Å²) in [5.74, 6) is 0. The maximum atomic E-state index is 10.7. The van der Waals surface area contributed by atoms with Crippen LogP contribution in [0.3, 0.4) is 0 Å². The molecule has 0 bridgehead atoms. The Labute approximate surface area is 165 Å². The molecule has 0 radical (unpaired) electrons. The van der Waals surface area contributed by atoms with Crippen molar-refractivity contribution in [2.45, 2.75) is 108 Å². The third-order valence-corrected chi connectivity index (χ3v) is 16.3. The average molecular weight is 423 g/mol. The monoisotopic (exact) mass is 422 g/mol. The van der Waals surface area contributed by atoms with E-state index in [2.05, 4.69) is 55.4 Å². The minimum absolute atomic E-state index is 0.129. The van der Waals surface area contributed by atoms with Crippen molar-refractivity contribution in [3.05, 3.63) is 0 Å². The first-order valence-corrected chi connectivity index (χ1v) is 14.0. The van der Waals surface area contributed by atoms with E-state index in [4.69, 9.17) is 17.7 Å². The fourth-order valence-electron chi connectivity index (χ4n) is 4.40. The van der Waals surface area contributed by atoms with Gasteiger partial charge in [0, 0.05) is 0 Å². The zero-order valence-electron chi connectivity index (χ0n) is 17.9. The van der Waals surface area contributed by atoms with Crippen LogP contribution in [0.2, 0.25) is 22.2 Å². The molecule has 3 N–H and O–H groups in total. The molecule has 0 spiro atoms. The first-order chi connectivity index (χ1) is 12.4. The van der Waals surface area contributed by atoms with Crippen LogP contribution in [0, 0.1) is 0 Å². The van der Waals surface area contributed by atoms with Gasteiger partial charge in [0.05, 0.1) is 6.61 Å². The van der Waals surface area contributed by atoms with Gasteiger partial charge in [-0.1, -0.05) is 55.4 Å². The zero-order valence-corrected chi connectivity index (χ0v) is 19.9. The number of hydrogen-bond donors (Lipinski definition) is 3. The number of aliphatic hydroxyl groups is 3. The highest BCUT2D eigenvalue weighted by molar-refractivity contribution is 6.84. The molecule has 0 aromatic carbocycles. The van der Waals surface area contributed by atoms with E-state index in [-0.39, 0.29) is 28.8 Å². The van der Waals surface area contributed by atoms with Gasteiger partial charge in [-0.25, -0.2) is 0 Å². The van der Waals surface area contributed by atoms with Crippen LogP contribution in [-0.2, 0) is 17.7 Å². The van der Waals surface area contributed by atoms with Gasteiger partial charge < -0.3 is 33.0 Å². The summed E-state index contributed by atoms with van der Waals surface area (Å²) in [4.78, 5) is 0. The summed E-state index contributed by atoms with van der Waals surface area (Å²) >= 11 is 0. The summed E-state index contributed by atoms with van der Waals surface area (Å²) < 4.78 is 25.7. The quantitative estimate of drug-likeness (QED) is 0.585. The molecule has 0 aliphatic carbocycles. The van der Waals surface area contributed by atoms with Crippen LogP contribution in [0.5, 0.6) is 0 Å². The van der Waals surface area contributed by atoms with E-state index in [0.29, 0.717) is 0 Å². The van der Waals surface area contributed by atoms with Gasteiger partial charge in [-0.3, -0.25) is 0 Å². The SMILES string of the molecule is CC(C)[Si]1(C(C)C)O[C@H]2[C@H](O[Si](C(C)C)(C(C)C)O1)[C@@H](O)C(O)O[C@@H]2CO. The van der Waals surface area contributed by atoms with Crippen LogP contribution in [0.25, 0.3) is 0 Å². The van der Waals surface area contributed by atoms with Crippen molar-refractivity contribution in [2.24, 2.45) is 0 Å². The highest BCUT2D eigenvalue weighted by Crippen LogP contribution is 2.49. The average Bonchev–Trinajstić information content (AvgIpc) is 2.75. The number of fused-ring (bicyclic) bond motifs is 1. The Kier molecular flexibility index (Phi) is 7.37. The number of ether oxygens (including phenoxy) is 1. The van der Waals surface area contributed by atoms with Gasteiger partial charge in [0.1, 0.15) is 24.4 Å². The molecule has 2 fully saturated rings. The van der Waals surface area contributed by atoms with Crippen molar-refractivity contribution in [3.8, 4) is 0 Å². The Balaban J connectivity index is 2.65. The van der Waals surface area contributed by atoms with E-state index in [9.17, 15) is 15.3 Å². The number of hydrogen-bond acceptors (Lipinski definition) is 7. The van der Waals surface area contributed by atoms with E-state index >= 15 is 0 Å². The fraction of sp³-hybridized carbons (Fsp3) is 1.00. The molecular formula is C18H38O7Si2. The fourth-order valence-corrected chi connectivity index (χ4v) is 15.7. The lowest BCUT2D eigenvalue weighted by Crippen LogP contribution is -2.63. The van der Waals surface area contributed by atoms with Gasteiger partial charge in [0.15, 0.2) is 6.29 Å². The van der Waals surface area contributed by atoms with Crippen LogP contribution >= 0.6 is 0 Å². The van der Waals surface area contributed by atoms with Crippen molar-refractivity contribution in [1.82, 2.24) is 0 Å². The second-order valence-corrected chi connectivity index (χ2v) is 17.9. The van der Waals surface area contributed by atoms with E-state index in [1.807, 2.05) is 0 Å². The van der Waals surface area contributed by atoms with E-state index in [1.165, 1.54) is 0 Å². The molecule has 2 heterocycles. The molecule has 7 nitrogen and oxygen atoms in total. The maximum absolute atomic E-state index is 10.7. The Morgan fingerprint density at radius 3 is 1.52 bits per heavy atom. The molecular weight excluding hydrogens is 384 g/mol. The molecule has 2 aliphatic rings. The van der Waals surface area contributed by atoms with Gasteiger partial charge in [0.2, 0.25) is 0 Å². The van der Waals surface area contributed by atoms with Crippen LogP contribution in [0.15, 0.2) is 0 Å². The van der Waals surface area contributed by atoms with Gasteiger partial charge in [-0.05, 0) is 22.2 Å². The van der Waals surface area contributed by atoms with E-state index in [1.54, 1.807) is 0 Å². The van der Waals surface area contributed by atoms with Gasteiger partial charge in [-0.15, -0.1) is 0 Å². The van der Waals surface area contributed by atoms with Crippen molar-refractivity contribution >= 4 is 17.1 Å². The normalized spacial score (nSPS) is 36.3. The summed E-state index contributed by atoms with van der Waals surface area (Å²) in [7, 11) is -5.66. The lowest BCUT2D eigenvalue weighted by molar-refractivity contribution is -0.279. The summed E-state index contributed by atoms with van der Waals surface area (Å²) in [6, 6.07) is 0. The molecule has 0 aromatic heterocycles. The second kappa shape index (κ2) is 8.49. The van der Waals surface area contributed by atoms with Crippen LogP contribution in [0.1, 0.15) is 55.4 Å². The third kappa shape index (κ3) is 3.95. The Bertz CT molecular complexity index is 456. The first kappa shape index (κ1) is 23.4. The van der Waals surface area contributed by atoms with Crippen LogP contribution in [0.4, 0.5) is 0 Å². The molecule has 2 saturated heterocycles. The molecule has 0 aromatic rings. The minimum atomic E-state index is -2.84. The van der Waals surface area contributed by atoms with Gasteiger partial charge >= 0.3 is 17.1 Å². The van der Waals surface area contributed by atoms with Gasteiger partial charge in [0.25, 0.3) is 0 Å². The van der Waals surface area contributed by atoms with E-state index < -0.39 is 47.8 Å². The molecule has 27 heavy (non-hydrogen) atoms. The predicted octanol–water partition coefficient (Wildman–Crippen LogP) is 2.38.